The van der Waals surface area contributed by atoms with Crippen LogP contribution in [0.2, 0.25) is 0 Å². The topological polar surface area (TPSA) is 39.2 Å². The van der Waals surface area contributed by atoms with Gasteiger partial charge in [0.15, 0.2) is 5.78 Å². The van der Waals surface area contributed by atoms with Crippen LogP contribution in [0.25, 0.3) is 20.8 Å². The van der Waals surface area contributed by atoms with Crippen molar-refractivity contribution in [3.63, 3.8) is 0 Å². The molecule has 4 rings (SSSR count). The highest BCUT2D eigenvalue weighted by Gasteiger charge is 2.16. The lowest BCUT2D eigenvalue weighted by Gasteiger charge is -2.10. The van der Waals surface area contributed by atoms with Crippen LogP contribution in [0.3, 0.4) is 0 Å². The van der Waals surface area contributed by atoms with Crippen molar-refractivity contribution in [1.82, 2.24) is 4.98 Å². The number of ether oxygens (including phenoxy) is 1. The molecule has 0 N–H and O–H groups in total. The summed E-state index contributed by atoms with van der Waals surface area (Å²) in [4.78, 5) is 17.3. The summed E-state index contributed by atoms with van der Waals surface area (Å²) in [6, 6.07) is 23.7. The molecule has 3 nitrogen and oxygen atoms in total. The summed E-state index contributed by atoms with van der Waals surface area (Å²) in [6.07, 6.45) is 0.444. The van der Waals surface area contributed by atoms with Gasteiger partial charge in [0.25, 0.3) is 0 Å². The van der Waals surface area contributed by atoms with Gasteiger partial charge < -0.3 is 4.74 Å². The van der Waals surface area contributed by atoms with Gasteiger partial charge in [0, 0.05) is 17.5 Å². The molecule has 0 bridgehead atoms. The van der Waals surface area contributed by atoms with Crippen molar-refractivity contribution in [2.24, 2.45) is 0 Å². The first kappa shape index (κ1) is 17.4. The van der Waals surface area contributed by atoms with Gasteiger partial charge in [0.1, 0.15) is 17.4 Å². The fourth-order valence-corrected chi connectivity index (χ4v) is 3.95. The minimum Gasteiger partial charge on any atom is -0.489 e. The second kappa shape index (κ2) is 7.72. The first-order valence-corrected chi connectivity index (χ1v) is 9.76. The molecule has 0 spiro atoms. The van der Waals surface area contributed by atoms with Gasteiger partial charge in [-0.1, -0.05) is 49.4 Å². The summed E-state index contributed by atoms with van der Waals surface area (Å²) in [5.74, 6) is 0.787. The number of fused-ring (bicyclic) bond motifs is 1. The molecule has 0 aliphatic carbocycles. The summed E-state index contributed by atoms with van der Waals surface area (Å²) in [5.41, 5.74) is 3.59. The Labute approximate surface area is 162 Å². The van der Waals surface area contributed by atoms with E-state index in [0.717, 1.165) is 26.4 Å². The zero-order valence-electron chi connectivity index (χ0n) is 15.0. The van der Waals surface area contributed by atoms with Gasteiger partial charge in [-0.05, 0) is 35.9 Å². The standard InChI is InChI=1S/C23H19NO2S/c1-2-21(25)19-14-17(26-15-16-8-4-3-5-9-16)12-13-18(19)23-24-20-10-6-7-11-22(20)27-23/h3-14H,2,15H2,1H3. The second-order valence-corrected chi connectivity index (χ2v) is 7.28. The first-order chi connectivity index (χ1) is 13.2. The molecule has 0 saturated heterocycles. The van der Waals surface area contributed by atoms with Gasteiger partial charge in [-0.2, -0.15) is 0 Å². The quantitative estimate of drug-likeness (QED) is 0.381. The molecule has 1 aromatic heterocycles. The van der Waals surface area contributed by atoms with E-state index < -0.39 is 0 Å². The van der Waals surface area contributed by atoms with Crippen LogP contribution < -0.4 is 4.74 Å². The lowest BCUT2D eigenvalue weighted by atomic mass is 10.0. The normalized spacial score (nSPS) is 10.9. The highest BCUT2D eigenvalue weighted by atomic mass is 32.1. The number of aromatic nitrogens is 1. The highest BCUT2D eigenvalue weighted by molar-refractivity contribution is 7.21. The Balaban J connectivity index is 1.68. The molecule has 134 valence electrons. The maximum atomic E-state index is 12.6. The molecule has 0 saturated carbocycles. The van der Waals surface area contributed by atoms with Crippen molar-refractivity contribution in [2.75, 3.05) is 0 Å². The van der Waals surface area contributed by atoms with Crippen molar-refractivity contribution in [1.29, 1.82) is 0 Å². The number of carbonyl (C=O) groups excluding carboxylic acids is 1. The molecule has 0 aliphatic heterocycles. The predicted octanol–water partition coefficient (Wildman–Crippen LogP) is 6.14. The van der Waals surface area contributed by atoms with Crippen molar-refractivity contribution >= 4 is 27.3 Å². The fourth-order valence-electron chi connectivity index (χ4n) is 2.95. The smallest absolute Gasteiger partial charge is 0.163 e. The van der Waals surface area contributed by atoms with E-state index in [2.05, 4.69) is 6.07 Å². The monoisotopic (exact) mass is 373 g/mol. The van der Waals surface area contributed by atoms with Gasteiger partial charge in [0.2, 0.25) is 0 Å². The van der Waals surface area contributed by atoms with Gasteiger partial charge in [-0.15, -0.1) is 11.3 Å². The highest BCUT2D eigenvalue weighted by Crippen LogP contribution is 2.34. The van der Waals surface area contributed by atoms with Gasteiger partial charge in [-0.3, -0.25) is 4.79 Å². The zero-order valence-corrected chi connectivity index (χ0v) is 15.8. The van der Waals surface area contributed by atoms with Crippen LogP contribution in [0.15, 0.2) is 72.8 Å². The number of ketones is 1. The Hall–Kier alpha value is -2.98. The first-order valence-electron chi connectivity index (χ1n) is 8.94. The molecule has 1 heterocycles. The number of para-hydroxylation sites is 1. The van der Waals surface area contributed by atoms with Gasteiger partial charge in [-0.25, -0.2) is 4.98 Å². The van der Waals surface area contributed by atoms with E-state index in [1.165, 1.54) is 0 Å². The predicted molar refractivity (Wildman–Crippen MR) is 110 cm³/mol. The number of rotatable bonds is 6. The summed E-state index contributed by atoms with van der Waals surface area (Å²) in [7, 11) is 0. The van der Waals surface area contributed by atoms with Crippen LogP contribution in [0.1, 0.15) is 29.3 Å². The number of carbonyl (C=O) groups is 1. The summed E-state index contributed by atoms with van der Waals surface area (Å²) in [5, 5.41) is 0.864. The molecule has 0 aliphatic rings. The number of hydrogen-bond acceptors (Lipinski definition) is 4. The van der Waals surface area contributed by atoms with E-state index in [4.69, 9.17) is 9.72 Å². The van der Waals surface area contributed by atoms with Crippen LogP contribution in [0.5, 0.6) is 5.75 Å². The van der Waals surface area contributed by atoms with Gasteiger partial charge in [0.05, 0.1) is 10.2 Å². The SMILES string of the molecule is CCC(=O)c1cc(OCc2ccccc2)ccc1-c1nc2ccccc2s1. The number of thiazole rings is 1. The van der Waals surface area contributed by atoms with Crippen molar-refractivity contribution in [3.05, 3.63) is 83.9 Å². The molecule has 4 aromatic rings. The van der Waals surface area contributed by atoms with Crippen LogP contribution in [-0.2, 0) is 6.61 Å². The summed E-state index contributed by atoms with van der Waals surface area (Å²) in [6.45, 7) is 2.35. The minimum absolute atomic E-state index is 0.0921. The Kier molecular flexibility index (Phi) is 4.99. The lowest BCUT2D eigenvalue weighted by molar-refractivity contribution is 0.0988. The van der Waals surface area contributed by atoms with E-state index >= 15 is 0 Å². The number of Topliss-reactive ketones (excluding diaryl/α,β-unsaturated/α-hetero) is 1. The van der Waals surface area contributed by atoms with Crippen LogP contribution >= 0.6 is 11.3 Å². The fraction of sp³-hybridized carbons (Fsp3) is 0.130. The minimum atomic E-state index is 0.0921. The number of nitrogens with zero attached hydrogens (tertiary/aromatic N) is 1. The third-order valence-corrected chi connectivity index (χ3v) is 5.45. The van der Waals surface area contributed by atoms with Gasteiger partial charge >= 0.3 is 0 Å². The van der Waals surface area contributed by atoms with Crippen molar-refractivity contribution < 1.29 is 9.53 Å². The van der Waals surface area contributed by atoms with Crippen molar-refractivity contribution in [3.8, 4) is 16.3 Å². The maximum absolute atomic E-state index is 12.6. The second-order valence-electron chi connectivity index (χ2n) is 6.25. The Morgan fingerprint density at radius 2 is 1.78 bits per heavy atom. The number of hydrogen-bond donors (Lipinski definition) is 0. The molecule has 0 unspecified atom stereocenters. The number of benzene rings is 3. The Morgan fingerprint density at radius 1 is 1.00 bits per heavy atom. The molecule has 0 fully saturated rings. The summed E-state index contributed by atoms with van der Waals surface area (Å²) >= 11 is 1.60. The molecular formula is C23H19NO2S. The third kappa shape index (κ3) is 3.76. The largest absolute Gasteiger partial charge is 0.489 e. The molecule has 0 radical (unpaired) electrons. The molecular weight excluding hydrogens is 354 g/mol. The van der Waals surface area contributed by atoms with E-state index in [9.17, 15) is 4.79 Å². The molecule has 0 atom stereocenters. The average molecular weight is 373 g/mol. The maximum Gasteiger partial charge on any atom is 0.163 e. The average Bonchev–Trinajstić information content (AvgIpc) is 3.16. The molecule has 4 heteroatoms. The lowest BCUT2D eigenvalue weighted by Crippen LogP contribution is -2.02. The van der Waals surface area contributed by atoms with E-state index in [-0.39, 0.29) is 5.78 Å². The van der Waals surface area contributed by atoms with Crippen molar-refractivity contribution in [2.45, 2.75) is 20.0 Å². The Bertz CT molecular complexity index is 1050. The van der Waals surface area contributed by atoms with Crippen LogP contribution in [0, 0.1) is 0 Å². The van der Waals surface area contributed by atoms with E-state index in [0.29, 0.717) is 24.3 Å². The Morgan fingerprint density at radius 3 is 2.56 bits per heavy atom. The van der Waals surface area contributed by atoms with E-state index in [1.54, 1.807) is 11.3 Å². The van der Waals surface area contributed by atoms with E-state index in [1.807, 2.05) is 73.7 Å². The molecule has 27 heavy (non-hydrogen) atoms. The van der Waals surface area contributed by atoms with Crippen LogP contribution in [0.4, 0.5) is 0 Å². The summed E-state index contributed by atoms with van der Waals surface area (Å²) < 4.78 is 7.03. The molecule has 3 aromatic carbocycles. The zero-order chi connectivity index (χ0) is 18.6. The third-order valence-electron chi connectivity index (χ3n) is 4.39. The molecule has 0 amide bonds. The van der Waals surface area contributed by atoms with Crippen LogP contribution in [-0.4, -0.2) is 10.8 Å².